The second-order valence-electron chi connectivity index (χ2n) is 3.99. The summed E-state index contributed by atoms with van der Waals surface area (Å²) in [7, 11) is 0. The van der Waals surface area contributed by atoms with E-state index in [1.165, 1.54) is 5.56 Å². The Morgan fingerprint density at radius 1 is 1.40 bits per heavy atom. The normalized spacial score (nSPS) is 14.3. The summed E-state index contributed by atoms with van der Waals surface area (Å²) >= 11 is 0. The lowest BCUT2D eigenvalue weighted by Gasteiger charge is -2.23. The molecular formula is C14H18O. The Hall–Kier alpha value is -1.34. The van der Waals surface area contributed by atoms with Crippen LogP contribution in [0, 0.1) is 0 Å². The zero-order valence-corrected chi connectivity index (χ0v) is 9.24. The molecular weight excluding hydrogens is 184 g/mol. The number of aliphatic hydroxyl groups is 1. The summed E-state index contributed by atoms with van der Waals surface area (Å²) in [5.41, 5.74) is 1.06. The highest BCUT2D eigenvalue weighted by molar-refractivity contribution is 5.23. The Kier molecular flexibility index (Phi) is 3.87. The molecule has 0 saturated carbocycles. The number of benzene rings is 1. The van der Waals surface area contributed by atoms with E-state index in [2.05, 4.69) is 25.3 Å². The van der Waals surface area contributed by atoms with Gasteiger partial charge in [-0.05, 0) is 30.9 Å². The first kappa shape index (κ1) is 11.7. The standard InChI is InChI=1S/C14H18O/c1-4-12(2)14(3,15)11-10-13-8-6-5-7-9-13/h4-9,15H,1-2,10-11H2,3H3. The van der Waals surface area contributed by atoms with E-state index in [9.17, 15) is 5.11 Å². The van der Waals surface area contributed by atoms with Gasteiger partial charge in [0.25, 0.3) is 0 Å². The van der Waals surface area contributed by atoms with E-state index < -0.39 is 5.60 Å². The second kappa shape index (κ2) is 4.94. The average molecular weight is 202 g/mol. The number of hydrogen-bond donors (Lipinski definition) is 1. The summed E-state index contributed by atoms with van der Waals surface area (Å²) in [6.45, 7) is 9.19. The van der Waals surface area contributed by atoms with Gasteiger partial charge < -0.3 is 5.11 Å². The highest BCUT2D eigenvalue weighted by Crippen LogP contribution is 2.21. The molecule has 1 heteroatoms. The van der Waals surface area contributed by atoms with Gasteiger partial charge in [-0.2, -0.15) is 0 Å². The highest BCUT2D eigenvalue weighted by atomic mass is 16.3. The molecule has 1 rings (SSSR count). The lowest BCUT2D eigenvalue weighted by Crippen LogP contribution is -2.26. The van der Waals surface area contributed by atoms with Gasteiger partial charge in [-0.3, -0.25) is 0 Å². The molecule has 1 nitrogen and oxygen atoms in total. The predicted molar refractivity (Wildman–Crippen MR) is 64.7 cm³/mol. The van der Waals surface area contributed by atoms with Crippen LogP contribution in [-0.2, 0) is 6.42 Å². The van der Waals surface area contributed by atoms with Crippen molar-refractivity contribution in [2.24, 2.45) is 0 Å². The van der Waals surface area contributed by atoms with Crippen molar-refractivity contribution in [2.45, 2.75) is 25.4 Å². The number of aryl methyl sites for hydroxylation is 1. The molecule has 0 aliphatic carbocycles. The zero-order valence-electron chi connectivity index (χ0n) is 9.24. The Labute approximate surface area is 91.8 Å². The van der Waals surface area contributed by atoms with Crippen LogP contribution in [0.15, 0.2) is 55.1 Å². The Bertz CT molecular complexity index is 336. The minimum Gasteiger partial charge on any atom is -0.385 e. The SMILES string of the molecule is C=CC(=C)C(C)(O)CCc1ccccc1. The molecule has 1 N–H and O–H groups in total. The maximum absolute atomic E-state index is 10.1. The Morgan fingerprint density at radius 3 is 2.53 bits per heavy atom. The van der Waals surface area contributed by atoms with Gasteiger partial charge in [0.2, 0.25) is 0 Å². The van der Waals surface area contributed by atoms with Crippen LogP contribution in [0.2, 0.25) is 0 Å². The molecule has 80 valence electrons. The van der Waals surface area contributed by atoms with Gasteiger partial charge in [-0.1, -0.05) is 49.6 Å². The van der Waals surface area contributed by atoms with Crippen molar-refractivity contribution >= 4 is 0 Å². The van der Waals surface area contributed by atoms with Crippen LogP contribution in [0.5, 0.6) is 0 Å². The van der Waals surface area contributed by atoms with E-state index in [-0.39, 0.29) is 0 Å². The molecule has 0 radical (unpaired) electrons. The first-order valence-corrected chi connectivity index (χ1v) is 5.14. The third-order valence-electron chi connectivity index (χ3n) is 2.68. The van der Waals surface area contributed by atoms with Crippen LogP contribution >= 0.6 is 0 Å². The van der Waals surface area contributed by atoms with Crippen molar-refractivity contribution in [3.63, 3.8) is 0 Å². The van der Waals surface area contributed by atoms with Crippen molar-refractivity contribution in [2.75, 3.05) is 0 Å². The maximum atomic E-state index is 10.1. The molecule has 1 atom stereocenters. The maximum Gasteiger partial charge on any atom is 0.0865 e. The minimum atomic E-state index is -0.850. The smallest absolute Gasteiger partial charge is 0.0865 e. The van der Waals surface area contributed by atoms with E-state index in [4.69, 9.17) is 0 Å². The Morgan fingerprint density at radius 2 is 2.00 bits per heavy atom. The van der Waals surface area contributed by atoms with Crippen molar-refractivity contribution in [3.8, 4) is 0 Å². The molecule has 0 heterocycles. The molecule has 0 aliphatic heterocycles. The van der Waals surface area contributed by atoms with Crippen LogP contribution in [0.4, 0.5) is 0 Å². The van der Waals surface area contributed by atoms with Crippen LogP contribution in [0.1, 0.15) is 18.9 Å². The monoisotopic (exact) mass is 202 g/mol. The van der Waals surface area contributed by atoms with Gasteiger partial charge >= 0.3 is 0 Å². The van der Waals surface area contributed by atoms with E-state index in [1.54, 1.807) is 13.0 Å². The largest absolute Gasteiger partial charge is 0.385 e. The van der Waals surface area contributed by atoms with E-state index in [1.807, 2.05) is 18.2 Å². The summed E-state index contributed by atoms with van der Waals surface area (Å²) in [5.74, 6) is 0. The second-order valence-corrected chi connectivity index (χ2v) is 3.99. The fourth-order valence-electron chi connectivity index (χ4n) is 1.41. The molecule has 1 aromatic carbocycles. The fourth-order valence-corrected chi connectivity index (χ4v) is 1.41. The van der Waals surface area contributed by atoms with Gasteiger partial charge in [0.15, 0.2) is 0 Å². The first-order chi connectivity index (χ1) is 7.06. The number of hydrogen-bond acceptors (Lipinski definition) is 1. The summed E-state index contributed by atoms with van der Waals surface area (Å²) in [6.07, 6.45) is 3.13. The summed E-state index contributed by atoms with van der Waals surface area (Å²) in [4.78, 5) is 0. The van der Waals surface area contributed by atoms with Crippen LogP contribution in [-0.4, -0.2) is 10.7 Å². The quantitative estimate of drug-likeness (QED) is 0.727. The van der Waals surface area contributed by atoms with Crippen molar-refractivity contribution < 1.29 is 5.11 Å². The molecule has 0 aromatic heterocycles. The summed E-state index contributed by atoms with van der Waals surface area (Å²) in [5, 5.41) is 10.1. The fraction of sp³-hybridized carbons (Fsp3) is 0.286. The predicted octanol–water partition coefficient (Wildman–Crippen LogP) is 3.11. The van der Waals surface area contributed by atoms with Crippen LogP contribution in [0.25, 0.3) is 0 Å². The molecule has 0 amide bonds. The molecule has 1 aromatic rings. The molecule has 0 fully saturated rings. The third-order valence-corrected chi connectivity index (χ3v) is 2.68. The zero-order chi connectivity index (χ0) is 11.3. The van der Waals surface area contributed by atoms with Crippen LogP contribution in [0.3, 0.4) is 0 Å². The molecule has 0 saturated heterocycles. The van der Waals surface area contributed by atoms with Crippen molar-refractivity contribution in [1.29, 1.82) is 0 Å². The van der Waals surface area contributed by atoms with E-state index in [0.717, 1.165) is 6.42 Å². The molecule has 15 heavy (non-hydrogen) atoms. The summed E-state index contributed by atoms with van der Waals surface area (Å²) in [6, 6.07) is 10.1. The molecule has 0 aliphatic rings. The van der Waals surface area contributed by atoms with E-state index in [0.29, 0.717) is 12.0 Å². The lowest BCUT2D eigenvalue weighted by molar-refractivity contribution is 0.0936. The van der Waals surface area contributed by atoms with E-state index >= 15 is 0 Å². The minimum absolute atomic E-state index is 0.669. The van der Waals surface area contributed by atoms with Gasteiger partial charge in [-0.25, -0.2) is 0 Å². The molecule has 1 unspecified atom stereocenters. The van der Waals surface area contributed by atoms with Gasteiger partial charge in [0, 0.05) is 0 Å². The van der Waals surface area contributed by atoms with Gasteiger partial charge in [-0.15, -0.1) is 0 Å². The highest BCUT2D eigenvalue weighted by Gasteiger charge is 2.21. The summed E-state index contributed by atoms with van der Waals surface area (Å²) < 4.78 is 0. The number of rotatable bonds is 5. The van der Waals surface area contributed by atoms with Crippen LogP contribution < -0.4 is 0 Å². The molecule has 0 bridgehead atoms. The lowest BCUT2D eigenvalue weighted by atomic mass is 9.90. The van der Waals surface area contributed by atoms with Crippen molar-refractivity contribution in [1.82, 2.24) is 0 Å². The van der Waals surface area contributed by atoms with Gasteiger partial charge in [0.1, 0.15) is 0 Å². The van der Waals surface area contributed by atoms with Gasteiger partial charge in [0.05, 0.1) is 5.60 Å². The average Bonchev–Trinajstić information content (AvgIpc) is 2.27. The van der Waals surface area contributed by atoms with Crippen molar-refractivity contribution in [3.05, 3.63) is 60.7 Å². The first-order valence-electron chi connectivity index (χ1n) is 5.14. The Balaban J connectivity index is 2.57. The molecule has 0 spiro atoms. The topological polar surface area (TPSA) is 20.2 Å². The third kappa shape index (κ3) is 3.37.